The number of aryl methyl sites for hydroxylation is 1. The lowest BCUT2D eigenvalue weighted by molar-refractivity contribution is 0.0302. The Hall–Kier alpha value is -1.10. The van der Waals surface area contributed by atoms with Gasteiger partial charge < -0.3 is 15.2 Å². The van der Waals surface area contributed by atoms with Gasteiger partial charge in [0.15, 0.2) is 0 Å². The number of hydrogen-bond acceptors (Lipinski definition) is 4. The third kappa shape index (κ3) is 3.57. The first-order chi connectivity index (χ1) is 9.99. The summed E-state index contributed by atoms with van der Waals surface area (Å²) < 4.78 is 5.31. The van der Waals surface area contributed by atoms with E-state index in [0.717, 1.165) is 31.9 Å². The zero-order valence-corrected chi connectivity index (χ0v) is 13.6. The van der Waals surface area contributed by atoms with Crippen LogP contribution >= 0.6 is 0 Å². The van der Waals surface area contributed by atoms with Gasteiger partial charge in [-0.15, -0.1) is 0 Å². The summed E-state index contributed by atoms with van der Waals surface area (Å²) in [6, 6.07) is 6.47. The van der Waals surface area contributed by atoms with E-state index in [1.54, 1.807) is 7.11 Å². The Labute approximate surface area is 128 Å². The molecule has 118 valence electrons. The minimum atomic E-state index is -0.184. The summed E-state index contributed by atoms with van der Waals surface area (Å²) in [4.78, 5) is 2.49. The number of methoxy groups -OCH3 is 1. The Morgan fingerprint density at radius 3 is 2.52 bits per heavy atom. The van der Waals surface area contributed by atoms with Crippen LogP contribution in [0, 0.1) is 12.3 Å². The summed E-state index contributed by atoms with van der Waals surface area (Å²) >= 11 is 0. The fourth-order valence-electron chi connectivity index (χ4n) is 3.22. The number of hydrogen-bond donors (Lipinski definition) is 2. The number of nitrogens with zero attached hydrogens (tertiary/aromatic N) is 1. The molecular weight excluding hydrogens is 264 g/mol. The van der Waals surface area contributed by atoms with Crippen LogP contribution < -0.4 is 10.1 Å². The average molecular weight is 292 g/mol. The van der Waals surface area contributed by atoms with Crippen LogP contribution in [0.2, 0.25) is 0 Å². The molecule has 4 heteroatoms. The van der Waals surface area contributed by atoms with Crippen LogP contribution in [0.5, 0.6) is 5.75 Å². The molecule has 4 nitrogen and oxygen atoms in total. The van der Waals surface area contributed by atoms with Gasteiger partial charge in [-0.25, -0.2) is 0 Å². The fourth-order valence-corrected chi connectivity index (χ4v) is 3.22. The van der Waals surface area contributed by atoms with Gasteiger partial charge in [0.1, 0.15) is 5.75 Å². The van der Waals surface area contributed by atoms with Crippen LogP contribution in [0.4, 0.5) is 0 Å². The summed E-state index contributed by atoms with van der Waals surface area (Å²) in [5.74, 6) is 0.886. The normalized spacial score (nSPS) is 18.5. The van der Waals surface area contributed by atoms with Gasteiger partial charge in [-0.1, -0.05) is 19.9 Å². The molecule has 0 radical (unpaired) electrons. The first kappa shape index (κ1) is 16.3. The van der Waals surface area contributed by atoms with Crippen LogP contribution in [0.3, 0.4) is 0 Å². The van der Waals surface area contributed by atoms with E-state index in [1.807, 2.05) is 6.07 Å². The quantitative estimate of drug-likeness (QED) is 0.871. The van der Waals surface area contributed by atoms with Crippen molar-refractivity contribution in [2.24, 2.45) is 5.41 Å². The number of ether oxygens (including phenoxy) is 1. The molecule has 1 aromatic rings. The molecule has 21 heavy (non-hydrogen) atoms. The second kappa shape index (κ2) is 6.77. The van der Waals surface area contributed by atoms with E-state index in [0.29, 0.717) is 0 Å². The molecule has 0 amide bonds. The highest BCUT2D eigenvalue weighted by molar-refractivity contribution is 5.37. The minimum Gasteiger partial charge on any atom is -0.497 e. The maximum atomic E-state index is 9.88. The Morgan fingerprint density at radius 2 is 2.00 bits per heavy atom. The predicted octanol–water partition coefficient (Wildman–Crippen LogP) is 1.97. The van der Waals surface area contributed by atoms with Crippen molar-refractivity contribution in [1.29, 1.82) is 0 Å². The van der Waals surface area contributed by atoms with Crippen molar-refractivity contribution in [2.45, 2.75) is 26.8 Å². The van der Waals surface area contributed by atoms with Crippen molar-refractivity contribution in [3.63, 3.8) is 0 Å². The number of rotatable bonds is 5. The number of benzene rings is 1. The molecule has 0 saturated carbocycles. The van der Waals surface area contributed by atoms with Crippen molar-refractivity contribution in [1.82, 2.24) is 10.2 Å². The first-order valence-corrected chi connectivity index (χ1v) is 7.70. The summed E-state index contributed by atoms with van der Waals surface area (Å²) in [6.07, 6.45) is 0. The number of aliphatic hydroxyl groups is 1. The first-order valence-electron chi connectivity index (χ1n) is 7.70. The highest BCUT2D eigenvalue weighted by atomic mass is 16.5. The monoisotopic (exact) mass is 292 g/mol. The number of aliphatic hydroxyl groups excluding tert-OH is 1. The van der Waals surface area contributed by atoms with Gasteiger partial charge in [0.2, 0.25) is 0 Å². The van der Waals surface area contributed by atoms with Gasteiger partial charge in [-0.3, -0.25) is 4.90 Å². The van der Waals surface area contributed by atoms with Crippen LogP contribution in [-0.4, -0.2) is 49.9 Å². The molecular formula is C17H28N2O2. The maximum absolute atomic E-state index is 9.88. The standard InChI is InChI=1S/C17H28N2O2/c1-13-11-14(21-4)5-6-15(13)16(17(2,3)12-20)19-9-7-18-8-10-19/h5-6,11,16,18,20H,7-10,12H2,1-4H3/t16-/m1/s1. The summed E-state index contributed by atoms with van der Waals surface area (Å²) in [5, 5.41) is 13.3. The van der Waals surface area contributed by atoms with Crippen molar-refractivity contribution in [3.05, 3.63) is 29.3 Å². The van der Waals surface area contributed by atoms with Crippen LogP contribution in [0.1, 0.15) is 31.0 Å². The lowest BCUT2D eigenvalue weighted by atomic mass is 9.78. The van der Waals surface area contributed by atoms with Crippen molar-refractivity contribution >= 4 is 0 Å². The van der Waals surface area contributed by atoms with Crippen molar-refractivity contribution in [2.75, 3.05) is 39.9 Å². The summed E-state index contributed by atoms with van der Waals surface area (Å²) in [5.41, 5.74) is 2.33. The molecule has 1 saturated heterocycles. The maximum Gasteiger partial charge on any atom is 0.119 e. The van der Waals surface area contributed by atoms with E-state index in [-0.39, 0.29) is 18.1 Å². The molecule has 0 spiro atoms. The molecule has 1 atom stereocenters. The average Bonchev–Trinajstić information content (AvgIpc) is 2.50. The minimum absolute atomic E-state index is 0.174. The lowest BCUT2D eigenvalue weighted by Crippen LogP contribution is -2.49. The molecule has 1 fully saturated rings. The smallest absolute Gasteiger partial charge is 0.119 e. The van der Waals surface area contributed by atoms with E-state index in [9.17, 15) is 5.11 Å². The van der Waals surface area contributed by atoms with Gasteiger partial charge in [0, 0.05) is 44.2 Å². The fraction of sp³-hybridized carbons (Fsp3) is 0.647. The third-order valence-electron chi connectivity index (χ3n) is 4.44. The van der Waals surface area contributed by atoms with Gasteiger partial charge in [-0.05, 0) is 30.2 Å². The van der Waals surface area contributed by atoms with Crippen molar-refractivity contribution < 1.29 is 9.84 Å². The zero-order chi connectivity index (χ0) is 15.5. The van der Waals surface area contributed by atoms with Gasteiger partial charge in [0.25, 0.3) is 0 Å². The second-order valence-electron chi connectivity index (χ2n) is 6.56. The number of piperazine rings is 1. The highest BCUT2D eigenvalue weighted by Gasteiger charge is 2.36. The predicted molar refractivity (Wildman–Crippen MR) is 85.8 cm³/mol. The Morgan fingerprint density at radius 1 is 1.33 bits per heavy atom. The molecule has 0 unspecified atom stereocenters. The van der Waals surface area contributed by atoms with Crippen molar-refractivity contribution in [3.8, 4) is 5.75 Å². The zero-order valence-electron chi connectivity index (χ0n) is 13.6. The molecule has 1 aliphatic rings. The largest absolute Gasteiger partial charge is 0.497 e. The van der Waals surface area contributed by atoms with Crippen LogP contribution in [0.15, 0.2) is 18.2 Å². The molecule has 2 rings (SSSR count). The molecule has 1 heterocycles. The van der Waals surface area contributed by atoms with Gasteiger partial charge >= 0.3 is 0 Å². The van der Waals surface area contributed by atoms with Gasteiger partial charge in [-0.2, -0.15) is 0 Å². The molecule has 0 aromatic heterocycles. The molecule has 0 aliphatic carbocycles. The van der Waals surface area contributed by atoms with E-state index >= 15 is 0 Å². The van der Waals surface area contributed by atoms with Crippen LogP contribution in [-0.2, 0) is 0 Å². The number of nitrogens with one attached hydrogen (secondary N) is 1. The molecule has 0 bridgehead atoms. The van der Waals surface area contributed by atoms with Crippen LogP contribution in [0.25, 0.3) is 0 Å². The van der Waals surface area contributed by atoms with E-state index in [2.05, 4.69) is 43.1 Å². The summed E-state index contributed by atoms with van der Waals surface area (Å²) in [7, 11) is 1.69. The third-order valence-corrected chi connectivity index (χ3v) is 4.44. The van der Waals surface area contributed by atoms with E-state index in [1.165, 1.54) is 11.1 Å². The second-order valence-corrected chi connectivity index (χ2v) is 6.56. The molecule has 1 aromatic carbocycles. The lowest BCUT2D eigenvalue weighted by Gasteiger charge is -2.44. The van der Waals surface area contributed by atoms with E-state index < -0.39 is 0 Å². The Bertz CT molecular complexity index is 468. The Kier molecular flexibility index (Phi) is 5.25. The topological polar surface area (TPSA) is 44.7 Å². The van der Waals surface area contributed by atoms with Gasteiger partial charge in [0.05, 0.1) is 7.11 Å². The van der Waals surface area contributed by atoms with E-state index in [4.69, 9.17) is 4.74 Å². The SMILES string of the molecule is COc1ccc([C@@H](N2CCNCC2)C(C)(C)CO)c(C)c1. The Balaban J connectivity index is 2.39. The molecule has 1 aliphatic heterocycles. The molecule has 2 N–H and O–H groups in total. The highest BCUT2D eigenvalue weighted by Crippen LogP contribution is 2.40. The summed E-state index contributed by atoms with van der Waals surface area (Å²) in [6.45, 7) is 10.6.